The van der Waals surface area contributed by atoms with E-state index in [4.69, 9.17) is 0 Å². The summed E-state index contributed by atoms with van der Waals surface area (Å²) in [6.45, 7) is 0. The molecule has 0 saturated heterocycles. The molecule has 0 atom stereocenters. The molecule has 0 bridgehead atoms. The van der Waals surface area contributed by atoms with Crippen molar-refractivity contribution in [3.8, 4) is 0 Å². The van der Waals surface area contributed by atoms with Crippen LogP contribution in [-0.4, -0.2) is 14.7 Å². The minimum Gasteiger partial charge on any atom is -0.228 e. The average molecular weight is 168 g/mol. The van der Waals surface area contributed by atoms with Gasteiger partial charge in [-0.15, -0.1) is 0 Å². The first kappa shape index (κ1) is 8.27. The van der Waals surface area contributed by atoms with E-state index in [9.17, 15) is 8.42 Å². The maximum Gasteiger partial charge on any atom is 0.161 e. The van der Waals surface area contributed by atoms with Gasteiger partial charge in [-0.1, -0.05) is 30.3 Å². The van der Waals surface area contributed by atoms with Crippen molar-refractivity contribution in [2.45, 2.75) is 0 Å². The summed E-state index contributed by atoms with van der Waals surface area (Å²) in [7, 11) is -3.13. The topological polar surface area (TPSA) is 34.1 Å². The molecular weight excluding hydrogens is 160 g/mol. The van der Waals surface area contributed by atoms with E-state index in [1.807, 2.05) is 6.07 Å². The fraction of sp³-hybridized carbons (Fsp3) is 0.125. The highest BCUT2D eigenvalue weighted by Crippen LogP contribution is 2.05. The molecule has 0 heterocycles. The Kier molecular flexibility index (Phi) is 2.29. The van der Waals surface area contributed by atoms with Crippen LogP contribution in [0, 0.1) is 5.75 Å². The molecule has 11 heavy (non-hydrogen) atoms. The molecule has 1 aromatic carbocycles. The monoisotopic (exact) mass is 168 g/mol. The minimum atomic E-state index is -3.13. The van der Waals surface area contributed by atoms with Gasteiger partial charge < -0.3 is 0 Å². The predicted octanol–water partition coefficient (Wildman–Crippen LogP) is 1.12. The Morgan fingerprint density at radius 1 is 1.18 bits per heavy atom. The van der Waals surface area contributed by atoms with E-state index in [0.717, 1.165) is 6.26 Å². The Morgan fingerprint density at radius 3 is 2.18 bits per heavy atom. The smallest absolute Gasteiger partial charge is 0.161 e. The van der Waals surface area contributed by atoms with Gasteiger partial charge in [0.2, 0.25) is 0 Å². The number of rotatable bonds is 2. The molecular formula is C8H8O2S. The highest BCUT2D eigenvalue weighted by atomic mass is 32.2. The van der Waals surface area contributed by atoms with Crippen LogP contribution in [0.25, 0.3) is 0 Å². The van der Waals surface area contributed by atoms with Gasteiger partial charge >= 0.3 is 0 Å². The Hall–Kier alpha value is -0.830. The van der Waals surface area contributed by atoms with E-state index in [1.165, 1.54) is 0 Å². The molecule has 1 aromatic rings. The first-order valence-electron chi connectivity index (χ1n) is 3.11. The lowest BCUT2D eigenvalue weighted by molar-refractivity contribution is 0.608. The van der Waals surface area contributed by atoms with Crippen LogP contribution in [0.1, 0.15) is 5.56 Å². The second-order valence-electron chi connectivity index (χ2n) is 2.24. The number of benzene rings is 1. The molecule has 0 N–H and O–H groups in total. The van der Waals surface area contributed by atoms with Crippen molar-refractivity contribution >= 4 is 9.84 Å². The third-order valence-electron chi connectivity index (χ3n) is 1.08. The fourth-order valence-corrected chi connectivity index (χ4v) is 1.28. The van der Waals surface area contributed by atoms with Crippen LogP contribution in [0.2, 0.25) is 0 Å². The molecule has 2 nitrogen and oxygen atoms in total. The van der Waals surface area contributed by atoms with Crippen LogP contribution >= 0.6 is 0 Å². The molecule has 1 rings (SSSR count). The summed E-state index contributed by atoms with van der Waals surface area (Å²) in [5.41, 5.74) is 0.593. The summed E-state index contributed by atoms with van der Waals surface area (Å²) in [6, 6.07) is 8.76. The summed E-state index contributed by atoms with van der Waals surface area (Å²) < 4.78 is 21.4. The van der Waals surface area contributed by atoms with E-state index in [0.29, 0.717) is 5.56 Å². The molecule has 2 radical (unpaired) electrons. The van der Waals surface area contributed by atoms with Gasteiger partial charge in [0.25, 0.3) is 0 Å². The van der Waals surface area contributed by atoms with Gasteiger partial charge in [-0.25, -0.2) is 8.42 Å². The molecule has 3 heteroatoms. The summed E-state index contributed by atoms with van der Waals surface area (Å²) in [4.78, 5) is 0. The predicted molar refractivity (Wildman–Crippen MR) is 43.6 cm³/mol. The van der Waals surface area contributed by atoms with Crippen LogP contribution in [0.4, 0.5) is 0 Å². The van der Waals surface area contributed by atoms with Crippen molar-refractivity contribution in [2.75, 3.05) is 6.26 Å². The van der Waals surface area contributed by atoms with Crippen molar-refractivity contribution in [2.24, 2.45) is 0 Å². The highest BCUT2D eigenvalue weighted by Gasteiger charge is 2.04. The summed E-state index contributed by atoms with van der Waals surface area (Å²) in [5.74, 6) is 2.35. The third kappa shape index (κ3) is 3.18. The van der Waals surface area contributed by atoms with Gasteiger partial charge in [-0.3, -0.25) is 0 Å². The van der Waals surface area contributed by atoms with Crippen LogP contribution in [0.3, 0.4) is 0 Å². The Bertz CT molecular complexity index is 313. The van der Waals surface area contributed by atoms with E-state index < -0.39 is 9.84 Å². The van der Waals surface area contributed by atoms with Gasteiger partial charge in [0.05, 0.1) is 0 Å². The second kappa shape index (κ2) is 3.05. The molecule has 0 aliphatic rings. The van der Waals surface area contributed by atoms with Crippen molar-refractivity contribution in [3.63, 3.8) is 0 Å². The lowest BCUT2D eigenvalue weighted by Gasteiger charge is -1.94. The van der Waals surface area contributed by atoms with Crippen molar-refractivity contribution < 1.29 is 8.42 Å². The average Bonchev–Trinajstić information content (AvgIpc) is 1.85. The maximum atomic E-state index is 10.7. The fourth-order valence-electron chi connectivity index (χ4n) is 0.720. The zero-order chi connectivity index (χ0) is 8.32. The molecule has 0 amide bonds. The Labute approximate surface area is 66.8 Å². The van der Waals surface area contributed by atoms with Crippen molar-refractivity contribution in [1.82, 2.24) is 0 Å². The molecule has 0 saturated carbocycles. The van der Waals surface area contributed by atoms with Gasteiger partial charge in [0.15, 0.2) is 9.84 Å². The quantitative estimate of drug-likeness (QED) is 0.663. The van der Waals surface area contributed by atoms with Crippen molar-refractivity contribution in [1.29, 1.82) is 0 Å². The number of hydrogen-bond donors (Lipinski definition) is 0. The highest BCUT2D eigenvalue weighted by molar-refractivity contribution is 7.92. The lowest BCUT2D eigenvalue weighted by atomic mass is 10.2. The summed E-state index contributed by atoms with van der Waals surface area (Å²) >= 11 is 0. The largest absolute Gasteiger partial charge is 0.228 e. The SMILES string of the molecule is CS(=O)(=O)[C]c1ccccc1. The zero-order valence-corrected chi connectivity index (χ0v) is 6.93. The van der Waals surface area contributed by atoms with Crippen LogP contribution in [-0.2, 0) is 9.84 Å². The number of hydrogen-bond acceptors (Lipinski definition) is 2. The standard InChI is InChI=1S/C8H8O2S/c1-11(9,10)7-8-5-3-2-4-6-8/h2-6H,1H3. The van der Waals surface area contributed by atoms with Gasteiger partial charge in [-0.2, -0.15) is 0 Å². The molecule has 0 spiro atoms. The molecule has 0 aliphatic carbocycles. The third-order valence-corrected chi connectivity index (χ3v) is 1.68. The van der Waals surface area contributed by atoms with Crippen LogP contribution in [0.5, 0.6) is 0 Å². The first-order valence-corrected chi connectivity index (χ1v) is 5.00. The zero-order valence-electron chi connectivity index (χ0n) is 6.11. The Morgan fingerprint density at radius 2 is 1.73 bits per heavy atom. The first-order chi connectivity index (χ1) is 5.08. The Balaban J connectivity index is 2.82. The minimum absolute atomic E-state index is 0.593. The van der Waals surface area contributed by atoms with E-state index in [2.05, 4.69) is 5.75 Å². The summed E-state index contributed by atoms with van der Waals surface area (Å²) in [6.07, 6.45) is 1.12. The molecule has 0 fully saturated rings. The van der Waals surface area contributed by atoms with Crippen LogP contribution in [0.15, 0.2) is 30.3 Å². The summed E-state index contributed by atoms with van der Waals surface area (Å²) in [5, 5.41) is 0. The van der Waals surface area contributed by atoms with Gasteiger partial charge in [-0.05, 0) is 5.56 Å². The van der Waals surface area contributed by atoms with Gasteiger partial charge in [0, 0.05) is 6.26 Å². The lowest BCUT2D eigenvalue weighted by Crippen LogP contribution is -1.96. The molecule has 58 valence electrons. The van der Waals surface area contributed by atoms with E-state index in [-0.39, 0.29) is 0 Å². The van der Waals surface area contributed by atoms with E-state index in [1.54, 1.807) is 24.3 Å². The molecule has 0 aliphatic heterocycles. The molecule has 0 aromatic heterocycles. The van der Waals surface area contributed by atoms with Gasteiger partial charge in [0.1, 0.15) is 5.75 Å². The van der Waals surface area contributed by atoms with E-state index >= 15 is 0 Å². The number of sulfone groups is 1. The van der Waals surface area contributed by atoms with Crippen molar-refractivity contribution in [3.05, 3.63) is 41.6 Å². The van der Waals surface area contributed by atoms with Crippen LogP contribution < -0.4 is 0 Å². The second-order valence-corrected chi connectivity index (χ2v) is 3.99. The normalized spacial score (nSPS) is 11.4. The molecule has 0 unspecified atom stereocenters. The maximum absolute atomic E-state index is 10.7.